The molecule has 0 aliphatic heterocycles. The highest BCUT2D eigenvalue weighted by Crippen LogP contribution is 2.12. The maximum absolute atomic E-state index is 11.8. The molecule has 3 N–H and O–H groups in total. The van der Waals surface area contributed by atoms with Gasteiger partial charge in [0.25, 0.3) is 0 Å². The number of aliphatic carboxylic acids is 1. The van der Waals surface area contributed by atoms with E-state index in [1.165, 1.54) is 0 Å². The van der Waals surface area contributed by atoms with E-state index in [0.717, 1.165) is 0 Å². The Labute approximate surface area is 103 Å². The third-order valence-corrected chi connectivity index (χ3v) is 2.41. The number of carboxylic acids is 1. The Morgan fingerprint density at radius 1 is 1.33 bits per heavy atom. The lowest BCUT2D eigenvalue weighted by Gasteiger charge is -2.20. The van der Waals surface area contributed by atoms with Gasteiger partial charge in [-0.15, -0.1) is 0 Å². The van der Waals surface area contributed by atoms with Crippen molar-refractivity contribution in [2.45, 2.75) is 32.5 Å². The highest BCUT2D eigenvalue weighted by molar-refractivity contribution is 5.84. The van der Waals surface area contributed by atoms with Gasteiger partial charge < -0.3 is 15.7 Å². The second-order valence-corrected chi connectivity index (χ2v) is 3.99. The van der Waals surface area contributed by atoms with Gasteiger partial charge in [-0.25, -0.2) is 4.79 Å². The van der Waals surface area contributed by atoms with Crippen LogP contribution in [-0.4, -0.2) is 42.3 Å². The van der Waals surface area contributed by atoms with Crippen molar-refractivity contribution in [1.29, 1.82) is 0 Å². The van der Waals surface area contributed by atoms with E-state index in [1.807, 2.05) is 5.32 Å². The van der Waals surface area contributed by atoms with E-state index >= 15 is 0 Å². The first-order valence-electron chi connectivity index (χ1n) is 5.47. The van der Waals surface area contributed by atoms with Crippen LogP contribution in [0.4, 0.5) is 13.2 Å². The summed E-state index contributed by atoms with van der Waals surface area (Å²) in [7, 11) is 0. The van der Waals surface area contributed by atoms with Gasteiger partial charge in [-0.3, -0.25) is 4.79 Å². The predicted octanol–water partition coefficient (Wildman–Crippen LogP) is 0.754. The summed E-state index contributed by atoms with van der Waals surface area (Å²) in [6.07, 6.45) is -3.86. The van der Waals surface area contributed by atoms with Gasteiger partial charge in [-0.05, 0) is 5.92 Å². The molecule has 0 aliphatic rings. The summed E-state index contributed by atoms with van der Waals surface area (Å²) in [5.74, 6) is -2.27. The molecule has 106 valence electrons. The standard InChI is InChI=1S/C10H17F3N2O3/c1-3-6(2)8(9(17)18)15-7(16)4-14-5-10(11,12)13/h6,8,14H,3-5H2,1-2H3,(H,15,16)(H,17,18). The highest BCUT2D eigenvalue weighted by Gasteiger charge is 2.28. The van der Waals surface area contributed by atoms with Crippen LogP contribution in [0.1, 0.15) is 20.3 Å². The number of hydrogen-bond acceptors (Lipinski definition) is 3. The number of alkyl halides is 3. The molecular weight excluding hydrogens is 253 g/mol. The second kappa shape index (κ2) is 7.20. The van der Waals surface area contributed by atoms with E-state index in [4.69, 9.17) is 5.11 Å². The van der Waals surface area contributed by atoms with E-state index in [0.29, 0.717) is 6.42 Å². The van der Waals surface area contributed by atoms with E-state index < -0.39 is 37.2 Å². The van der Waals surface area contributed by atoms with Gasteiger partial charge in [-0.1, -0.05) is 20.3 Å². The zero-order chi connectivity index (χ0) is 14.3. The average molecular weight is 270 g/mol. The molecule has 5 nitrogen and oxygen atoms in total. The minimum absolute atomic E-state index is 0.297. The minimum atomic E-state index is -4.40. The molecule has 0 aromatic carbocycles. The lowest BCUT2D eigenvalue weighted by molar-refractivity contribution is -0.143. The van der Waals surface area contributed by atoms with Crippen molar-refractivity contribution in [1.82, 2.24) is 10.6 Å². The first-order valence-corrected chi connectivity index (χ1v) is 5.47. The van der Waals surface area contributed by atoms with Crippen molar-refractivity contribution in [2.75, 3.05) is 13.1 Å². The Bertz CT molecular complexity index is 295. The van der Waals surface area contributed by atoms with Crippen LogP contribution in [0.15, 0.2) is 0 Å². The minimum Gasteiger partial charge on any atom is -0.480 e. The van der Waals surface area contributed by atoms with Crippen molar-refractivity contribution in [3.05, 3.63) is 0 Å². The third-order valence-electron chi connectivity index (χ3n) is 2.41. The van der Waals surface area contributed by atoms with Crippen molar-refractivity contribution in [3.8, 4) is 0 Å². The summed E-state index contributed by atoms with van der Waals surface area (Å²) < 4.78 is 35.4. The molecule has 8 heteroatoms. The summed E-state index contributed by atoms with van der Waals surface area (Å²) >= 11 is 0. The van der Waals surface area contributed by atoms with Crippen LogP contribution in [0.5, 0.6) is 0 Å². The molecule has 2 atom stereocenters. The Balaban J connectivity index is 4.15. The van der Waals surface area contributed by atoms with Crippen LogP contribution in [0.25, 0.3) is 0 Å². The molecule has 0 heterocycles. The van der Waals surface area contributed by atoms with Gasteiger partial charge in [0, 0.05) is 0 Å². The molecule has 1 amide bonds. The van der Waals surface area contributed by atoms with Crippen molar-refractivity contribution >= 4 is 11.9 Å². The topological polar surface area (TPSA) is 78.4 Å². The molecule has 0 fully saturated rings. The third kappa shape index (κ3) is 7.10. The molecule has 0 bridgehead atoms. The highest BCUT2D eigenvalue weighted by atomic mass is 19.4. The number of hydrogen-bond donors (Lipinski definition) is 3. The molecule has 0 aromatic heterocycles. The lowest BCUT2D eigenvalue weighted by atomic mass is 9.99. The smallest absolute Gasteiger partial charge is 0.401 e. The molecule has 0 rings (SSSR count). The molecule has 0 radical (unpaired) electrons. The van der Waals surface area contributed by atoms with Gasteiger partial charge in [0.15, 0.2) is 0 Å². The number of carbonyl (C=O) groups excluding carboxylic acids is 1. The van der Waals surface area contributed by atoms with Crippen LogP contribution in [0.2, 0.25) is 0 Å². The molecule has 0 saturated heterocycles. The van der Waals surface area contributed by atoms with Crippen LogP contribution in [0, 0.1) is 5.92 Å². The summed E-state index contributed by atoms with van der Waals surface area (Å²) in [4.78, 5) is 22.1. The number of halogens is 3. The zero-order valence-electron chi connectivity index (χ0n) is 10.2. The van der Waals surface area contributed by atoms with Gasteiger partial charge in [0.2, 0.25) is 5.91 Å². The van der Waals surface area contributed by atoms with Crippen molar-refractivity contribution in [2.24, 2.45) is 5.92 Å². The maximum atomic E-state index is 11.8. The number of nitrogens with one attached hydrogen (secondary N) is 2. The molecular formula is C10H17F3N2O3. The monoisotopic (exact) mass is 270 g/mol. The summed E-state index contributed by atoms with van der Waals surface area (Å²) in [6.45, 7) is 1.54. The zero-order valence-corrected chi connectivity index (χ0v) is 10.2. The quantitative estimate of drug-likeness (QED) is 0.638. The van der Waals surface area contributed by atoms with Gasteiger partial charge >= 0.3 is 12.1 Å². The van der Waals surface area contributed by atoms with Crippen LogP contribution >= 0.6 is 0 Å². The molecule has 0 saturated carbocycles. The molecule has 2 unspecified atom stereocenters. The van der Waals surface area contributed by atoms with Gasteiger partial charge in [0.05, 0.1) is 13.1 Å². The molecule has 0 aromatic rings. The number of rotatable bonds is 7. The van der Waals surface area contributed by atoms with Crippen LogP contribution in [0.3, 0.4) is 0 Å². The second-order valence-electron chi connectivity index (χ2n) is 3.99. The Kier molecular flexibility index (Phi) is 6.67. The van der Waals surface area contributed by atoms with Crippen LogP contribution < -0.4 is 10.6 Å². The maximum Gasteiger partial charge on any atom is 0.401 e. The van der Waals surface area contributed by atoms with Gasteiger partial charge in [0.1, 0.15) is 6.04 Å². The molecule has 0 spiro atoms. The Morgan fingerprint density at radius 3 is 2.28 bits per heavy atom. The largest absolute Gasteiger partial charge is 0.480 e. The van der Waals surface area contributed by atoms with E-state index in [9.17, 15) is 22.8 Å². The van der Waals surface area contributed by atoms with E-state index in [1.54, 1.807) is 13.8 Å². The first-order chi connectivity index (χ1) is 8.17. The normalized spacial score (nSPS) is 14.9. The average Bonchev–Trinajstić information content (AvgIpc) is 2.22. The van der Waals surface area contributed by atoms with Crippen LogP contribution in [-0.2, 0) is 9.59 Å². The number of carbonyl (C=O) groups is 2. The van der Waals surface area contributed by atoms with E-state index in [2.05, 4.69) is 5.32 Å². The fourth-order valence-corrected chi connectivity index (χ4v) is 1.23. The fraction of sp³-hybridized carbons (Fsp3) is 0.800. The number of carboxylic acid groups (broad SMARTS) is 1. The van der Waals surface area contributed by atoms with Crippen molar-refractivity contribution in [3.63, 3.8) is 0 Å². The van der Waals surface area contributed by atoms with Crippen molar-refractivity contribution < 1.29 is 27.9 Å². The van der Waals surface area contributed by atoms with Gasteiger partial charge in [-0.2, -0.15) is 13.2 Å². The summed E-state index contributed by atoms with van der Waals surface area (Å²) in [5, 5.41) is 12.9. The summed E-state index contributed by atoms with van der Waals surface area (Å²) in [5.41, 5.74) is 0. The predicted molar refractivity (Wildman–Crippen MR) is 57.9 cm³/mol. The van der Waals surface area contributed by atoms with E-state index in [-0.39, 0.29) is 5.92 Å². The summed E-state index contributed by atoms with van der Waals surface area (Å²) in [6, 6.07) is -1.09. The fourth-order valence-electron chi connectivity index (χ4n) is 1.23. The SMILES string of the molecule is CCC(C)C(NC(=O)CNCC(F)(F)F)C(=O)O. The molecule has 0 aliphatic carbocycles. The molecule has 18 heavy (non-hydrogen) atoms. The lowest BCUT2D eigenvalue weighted by Crippen LogP contribution is -2.48. The number of amides is 1. The first kappa shape index (κ1) is 16.7. The Hall–Kier alpha value is -1.31. The Morgan fingerprint density at radius 2 is 1.89 bits per heavy atom.